The van der Waals surface area contributed by atoms with Crippen LogP contribution in [-0.2, 0) is 0 Å². The van der Waals surface area contributed by atoms with Crippen LogP contribution in [0, 0.1) is 0 Å². The second-order valence-corrected chi connectivity index (χ2v) is 2.43. The fraction of sp³-hybridized carbons (Fsp3) is 0.571. The van der Waals surface area contributed by atoms with Gasteiger partial charge in [-0.1, -0.05) is 0 Å². The first-order chi connectivity index (χ1) is 4.18. The maximum absolute atomic E-state index is 4.26. The minimum atomic E-state index is 0.353. The van der Waals surface area contributed by atoms with E-state index in [1.54, 1.807) is 0 Å². The molecule has 0 aromatic carbocycles. The van der Waals surface area contributed by atoms with E-state index in [1.165, 1.54) is 5.70 Å². The second-order valence-electron chi connectivity index (χ2n) is 2.43. The van der Waals surface area contributed by atoms with Gasteiger partial charge in [-0.2, -0.15) is 0 Å². The Balaban J connectivity index is 2.69. The first-order valence-electron chi connectivity index (χ1n) is 3.18. The van der Waals surface area contributed by atoms with Gasteiger partial charge in [-0.05, 0) is 26.8 Å². The molecule has 0 saturated heterocycles. The zero-order chi connectivity index (χ0) is 6.85. The van der Waals surface area contributed by atoms with Crippen molar-refractivity contribution < 1.29 is 0 Å². The Morgan fingerprint density at radius 2 is 2.22 bits per heavy atom. The van der Waals surface area contributed by atoms with E-state index >= 15 is 0 Å². The molecule has 1 rings (SSSR count). The van der Waals surface area contributed by atoms with Gasteiger partial charge in [0, 0.05) is 5.70 Å². The highest BCUT2D eigenvalue weighted by atomic mass is 15.0. The molecule has 2 heteroatoms. The van der Waals surface area contributed by atoms with E-state index in [-0.39, 0.29) is 0 Å². The summed E-state index contributed by atoms with van der Waals surface area (Å²) in [6.07, 6.45) is 2.10. The molecule has 2 nitrogen and oxygen atoms in total. The topological polar surface area (TPSA) is 24.4 Å². The van der Waals surface area contributed by atoms with Crippen LogP contribution < -0.4 is 5.32 Å². The third-order valence-electron chi connectivity index (χ3n) is 1.27. The molecule has 1 aliphatic heterocycles. The Hall–Kier alpha value is -0.790. The van der Waals surface area contributed by atoms with Crippen LogP contribution in [-0.4, -0.2) is 11.9 Å². The minimum absolute atomic E-state index is 0.353. The van der Waals surface area contributed by atoms with E-state index in [2.05, 4.69) is 30.2 Å². The number of hydrogen-bond acceptors (Lipinski definition) is 2. The van der Waals surface area contributed by atoms with Gasteiger partial charge in [0.05, 0.1) is 11.9 Å². The smallest absolute Gasteiger partial charge is 0.0980 e. The van der Waals surface area contributed by atoms with Crippen molar-refractivity contribution in [2.24, 2.45) is 4.99 Å². The summed E-state index contributed by atoms with van der Waals surface area (Å²) in [5, 5.41) is 3.12. The van der Waals surface area contributed by atoms with Crippen molar-refractivity contribution in [2.45, 2.75) is 26.8 Å². The van der Waals surface area contributed by atoms with Gasteiger partial charge >= 0.3 is 0 Å². The predicted molar refractivity (Wildman–Crippen MR) is 39.5 cm³/mol. The first kappa shape index (κ1) is 6.33. The molecule has 9 heavy (non-hydrogen) atoms. The number of hydrogen-bond donors (Lipinski definition) is 1. The average Bonchev–Trinajstić information content (AvgIpc) is 1.59. The van der Waals surface area contributed by atoms with Crippen LogP contribution in [0.15, 0.2) is 16.8 Å². The molecular weight excluding hydrogens is 112 g/mol. The van der Waals surface area contributed by atoms with Crippen LogP contribution in [0.1, 0.15) is 20.8 Å². The Morgan fingerprint density at radius 3 is 2.67 bits per heavy atom. The Labute approximate surface area is 55.7 Å². The van der Waals surface area contributed by atoms with Crippen molar-refractivity contribution in [3.05, 3.63) is 11.8 Å². The summed E-state index contributed by atoms with van der Waals surface area (Å²) in [4.78, 5) is 4.26. The predicted octanol–water partition coefficient (Wildman–Crippen LogP) is 1.30. The molecule has 0 bridgehead atoms. The van der Waals surface area contributed by atoms with Crippen molar-refractivity contribution in [1.82, 2.24) is 5.32 Å². The van der Waals surface area contributed by atoms with Crippen LogP contribution in [0.25, 0.3) is 0 Å². The van der Waals surface area contributed by atoms with Crippen molar-refractivity contribution >= 4 is 5.84 Å². The van der Waals surface area contributed by atoms with Crippen LogP contribution >= 0.6 is 0 Å². The normalized spacial score (nSPS) is 26.3. The largest absolute Gasteiger partial charge is 0.348 e. The van der Waals surface area contributed by atoms with Crippen LogP contribution in [0.3, 0.4) is 0 Å². The fourth-order valence-corrected chi connectivity index (χ4v) is 1.06. The van der Waals surface area contributed by atoms with E-state index < -0.39 is 0 Å². The zero-order valence-corrected chi connectivity index (χ0v) is 6.10. The summed E-state index contributed by atoms with van der Waals surface area (Å²) in [5.41, 5.74) is 1.20. The fourth-order valence-electron chi connectivity index (χ4n) is 1.06. The summed E-state index contributed by atoms with van der Waals surface area (Å²) in [6, 6.07) is 0.353. The van der Waals surface area contributed by atoms with Gasteiger partial charge in [0.1, 0.15) is 0 Å². The number of aliphatic imine (C=N–C) groups is 1. The molecule has 0 aromatic rings. The number of allylic oxidation sites excluding steroid dienone is 1. The van der Waals surface area contributed by atoms with Gasteiger partial charge in [0.15, 0.2) is 0 Å². The summed E-state index contributed by atoms with van der Waals surface area (Å²) < 4.78 is 0. The number of amidine groups is 1. The lowest BCUT2D eigenvalue weighted by Crippen LogP contribution is -2.24. The lowest BCUT2D eigenvalue weighted by molar-refractivity contribution is 0.852. The number of rotatable bonds is 0. The van der Waals surface area contributed by atoms with Gasteiger partial charge in [0.2, 0.25) is 0 Å². The molecule has 0 aliphatic carbocycles. The molecular formula is C7H12N2. The molecule has 1 aliphatic rings. The third kappa shape index (κ3) is 1.56. The average molecular weight is 124 g/mol. The van der Waals surface area contributed by atoms with Crippen LogP contribution in [0.2, 0.25) is 0 Å². The highest BCUT2D eigenvalue weighted by Crippen LogP contribution is 2.02. The number of nitrogens with one attached hydrogen (secondary N) is 1. The van der Waals surface area contributed by atoms with E-state index in [0.717, 1.165) is 5.84 Å². The van der Waals surface area contributed by atoms with Crippen molar-refractivity contribution in [3.63, 3.8) is 0 Å². The molecule has 0 saturated carbocycles. The highest BCUT2D eigenvalue weighted by Gasteiger charge is 2.02. The van der Waals surface area contributed by atoms with Crippen LogP contribution in [0.5, 0.6) is 0 Å². The standard InChI is InChI=1S/C7H12N2/c1-5-4-6(2)9-7(3)8-5/h4-5H,1-3H3,(H,8,9)/t5-/m0/s1. The van der Waals surface area contributed by atoms with Crippen LogP contribution in [0.4, 0.5) is 0 Å². The van der Waals surface area contributed by atoms with Gasteiger partial charge in [0.25, 0.3) is 0 Å². The van der Waals surface area contributed by atoms with E-state index in [9.17, 15) is 0 Å². The molecule has 50 valence electrons. The third-order valence-corrected chi connectivity index (χ3v) is 1.27. The zero-order valence-electron chi connectivity index (χ0n) is 6.10. The maximum Gasteiger partial charge on any atom is 0.0980 e. The summed E-state index contributed by atoms with van der Waals surface area (Å²) >= 11 is 0. The molecule has 0 radical (unpaired) electrons. The Morgan fingerprint density at radius 1 is 1.56 bits per heavy atom. The van der Waals surface area contributed by atoms with Crippen molar-refractivity contribution in [1.29, 1.82) is 0 Å². The van der Waals surface area contributed by atoms with Gasteiger partial charge in [-0.15, -0.1) is 0 Å². The van der Waals surface area contributed by atoms with Gasteiger partial charge in [-0.3, -0.25) is 4.99 Å². The molecule has 0 unspecified atom stereocenters. The second kappa shape index (κ2) is 2.21. The van der Waals surface area contributed by atoms with E-state index in [4.69, 9.17) is 0 Å². The summed E-state index contributed by atoms with van der Waals surface area (Å²) in [7, 11) is 0. The van der Waals surface area contributed by atoms with Crippen molar-refractivity contribution in [3.8, 4) is 0 Å². The lowest BCUT2D eigenvalue weighted by Gasteiger charge is -2.14. The lowest BCUT2D eigenvalue weighted by atomic mass is 10.2. The molecule has 0 amide bonds. The summed E-state index contributed by atoms with van der Waals surface area (Å²) in [5.74, 6) is 1.02. The van der Waals surface area contributed by atoms with E-state index in [0.29, 0.717) is 6.04 Å². The molecule has 0 aromatic heterocycles. The monoisotopic (exact) mass is 124 g/mol. The molecule has 1 heterocycles. The molecule has 1 atom stereocenters. The molecule has 1 N–H and O–H groups in total. The Bertz CT molecular complexity index is 150. The Kier molecular flexibility index (Phi) is 1.56. The first-order valence-corrected chi connectivity index (χ1v) is 3.18. The van der Waals surface area contributed by atoms with Crippen molar-refractivity contribution in [2.75, 3.05) is 0 Å². The maximum atomic E-state index is 4.26. The van der Waals surface area contributed by atoms with E-state index in [1.807, 2.05) is 6.92 Å². The molecule has 0 fully saturated rings. The molecule has 0 spiro atoms. The quantitative estimate of drug-likeness (QED) is 0.517. The van der Waals surface area contributed by atoms with Gasteiger partial charge < -0.3 is 5.32 Å². The number of nitrogens with zero attached hydrogens (tertiary/aromatic N) is 1. The highest BCUT2D eigenvalue weighted by molar-refractivity contribution is 5.82. The SMILES string of the molecule is CC1=C[C@H](C)N=C(C)N1. The summed E-state index contributed by atoms with van der Waals surface area (Å²) in [6.45, 7) is 6.11. The minimum Gasteiger partial charge on any atom is -0.348 e. The van der Waals surface area contributed by atoms with Gasteiger partial charge in [-0.25, -0.2) is 0 Å².